The maximum Gasteiger partial charge on any atom is 0.214 e. The maximum atomic E-state index is 11.8. The quantitative estimate of drug-likeness (QED) is 0.865. The molecule has 6 heteroatoms. The van der Waals surface area contributed by atoms with Gasteiger partial charge in [-0.15, -0.1) is 0 Å². The highest BCUT2D eigenvalue weighted by atomic mass is 32.2. The topological polar surface area (TPSA) is 75.6 Å². The van der Waals surface area contributed by atoms with Crippen LogP contribution < -0.4 is 9.46 Å². The molecule has 1 atom stereocenters. The van der Waals surface area contributed by atoms with Crippen LogP contribution in [-0.4, -0.2) is 31.9 Å². The number of sulfonamides is 1. The minimum atomic E-state index is -3.39. The second-order valence-corrected chi connectivity index (χ2v) is 7.36. The third-order valence-electron chi connectivity index (χ3n) is 3.35. The predicted molar refractivity (Wildman–Crippen MR) is 72.5 cm³/mol. The zero-order chi connectivity index (χ0) is 14.1. The Morgan fingerprint density at radius 3 is 2.79 bits per heavy atom. The number of benzene rings is 1. The molecule has 0 fully saturated rings. The van der Waals surface area contributed by atoms with E-state index in [0.29, 0.717) is 24.3 Å². The lowest BCUT2D eigenvalue weighted by atomic mass is 9.88. The van der Waals surface area contributed by atoms with Gasteiger partial charge in [0.05, 0.1) is 11.9 Å². The van der Waals surface area contributed by atoms with Crippen molar-refractivity contribution in [3.05, 3.63) is 29.8 Å². The van der Waals surface area contributed by atoms with Crippen LogP contribution in [0.25, 0.3) is 0 Å². The highest BCUT2D eigenvalue weighted by Crippen LogP contribution is 2.36. The molecule has 1 aromatic carbocycles. The highest BCUT2D eigenvalue weighted by Gasteiger charge is 2.36. The van der Waals surface area contributed by atoms with Crippen LogP contribution in [-0.2, 0) is 15.6 Å². The summed E-state index contributed by atoms with van der Waals surface area (Å²) in [7, 11) is -3.39. The van der Waals surface area contributed by atoms with Crippen LogP contribution in [0.2, 0.25) is 0 Å². The molecule has 0 saturated carbocycles. The highest BCUT2D eigenvalue weighted by molar-refractivity contribution is 7.90. The number of fused-ring (bicyclic) bond motifs is 1. The minimum absolute atomic E-state index is 0.0338. The molecule has 0 radical (unpaired) electrons. The summed E-state index contributed by atoms with van der Waals surface area (Å²) in [5.74, 6) is 0.611. The lowest BCUT2D eigenvalue weighted by Crippen LogP contribution is -2.45. The Morgan fingerprint density at radius 2 is 2.11 bits per heavy atom. The smallest absolute Gasteiger partial charge is 0.214 e. The number of ether oxygens (including phenoxy) is 1. The van der Waals surface area contributed by atoms with E-state index >= 15 is 0 Å². The van der Waals surface area contributed by atoms with Crippen molar-refractivity contribution in [2.24, 2.45) is 0 Å². The van der Waals surface area contributed by atoms with E-state index < -0.39 is 20.9 Å². The Hall–Kier alpha value is -1.11. The Bertz CT molecular complexity index is 556. The number of rotatable bonds is 4. The Morgan fingerprint density at radius 1 is 1.42 bits per heavy atom. The van der Waals surface area contributed by atoms with Crippen LogP contribution in [0, 0.1) is 0 Å². The molecule has 5 nitrogen and oxygen atoms in total. The summed E-state index contributed by atoms with van der Waals surface area (Å²) < 4.78 is 31.5. The average molecular weight is 285 g/mol. The monoisotopic (exact) mass is 285 g/mol. The third-order valence-corrected chi connectivity index (χ3v) is 5.14. The van der Waals surface area contributed by atoms with E-state index in [1.54, 1.807) is 32.0 Å². The molecule has 19 heavy (non-hydrogen) atoms. The molecule has 1 aliphatic rings. The summed E-state index contributed by atoms with van der Waals surface area (Å²) in [5.41, 5.74) is -0.579. The van der Waals surface area contributed by atoms with Crippen molar-refractivity contribution in [2.45, 2.75) is 31.1 Å². The zero-order valence-electron chi connectivity index (χ0n) is 11.1. The van der Waals surface area contributed by atoms with Crippen LogP contribution in [0.5, 0.6) is 5.75 Å². The predicted octanol–water partition coefficient (Wildman–Crippen LogP) is 0.984. The second kappa shape index (κ2) is 5.11. The van der Waals surface area contributed by atoms with Gasteiger partial charge in [0.25, 0.3) is 0 Å². The van der Waals surface area contributed by atoms with Crippen molar-refractivity contribution >= 4 is 10.0 Å². The van der Waals surface area contributed by atoms with Crippen molar-refractivity contribution in [3.8, 4) is 5.75 Å². The molecular formula is C13H19NO4S. The molecule has 0 aromatic heterocycles. The normalized spacial score (nSPS) is 22.9. The largest absolute Gasteiger partial charge is 0.493 e. The van der Waals surface area contributed by atoms with Crippen molar-refractivity contribution < 1.29 is 18.3 Å². The number of hydrogen-bond acceptors (Lipinski definition) is 4. The number of aliphatic hydroxyl groups is 1. The van der Waals surface area contributed by atoms with Gasteiger partial charge in [0.1, 0.15) is 11.4 Å². The fraction of sp³-hybridized carbons (Fsp3) is 0.538. The molecule has 1 unspecified atom stereocenters. The Kier molecular flexibility index (Phi) is 3.85. The summed E-state index contributed by atoms with van der Waals surface area (Å²) in [5, 5.41) is 10.1. The van der Waals surface area contributed by atoms with Crippen molar-refractivity contribution in [3.63, 3.8) is 0 Å². The van der Waals surface area contributed by atoms with E-state index in [-0.39, 0.29) is 6.54 Å². The summed E-state index contributed by atoms with van der Waals surface area (Å²) in [6, 6.07) is 7.16. The van der Waals surface area contributed by atoms with E-state index in [1.165, 1.54) is 0 Å². The molecule has 0 saturated heterocycles. The first-order chi connectivity index (χ1) is 8.85. The van der Waals surface area contributed by atoms with Crippen molar-refractivity contribution in [1.82, 2.24) is 4.72 Å². The van der Waals surface area contributed by atoms with Crippen molar-refractivity contribution in [2.75, 3.05) is 13.2 Å². The number of hydrogen-bond donors (Lipinski definition) is 2. The number of nitrogens with one attached hydrogen (secondary N) is 1. The first-order valence-electron chi connectivity index (χ1n) is 6.28. The van der Waals surface area contributed by atoms with Crippen molar-refractivity contribution in [1.29, 1.82) is 0 Å². The van der Waals surface area contributed by atoms with Gasteiger partial charge < -0.3 is 9.84 Å². The van der Waals surface area contributed by atoms with Crippen LogP contribution >= 0.6 is 0 Å². The van der Waals surface area contributed by atoms with Crippen LogP contribution in [0.4, 0.5) is 0 Å². The number of para-hydroxylation sites is 1. The van der Waals surface area contributed by atoms with Crippen LogP contribution in [0.3, 0.4) is 0 Å². The minimum Gasteiger partial charge on any atom is -0.493 e. The van der Waals surface area contributed by atoms with E-state index in [4.69, 9.17) is 4.74 Å². The van der Waals surface area contributed by atoms with Gasteiger partial charge in [0, 0.05) is 18.5 Å². The first kappa shape index (κ1) is 14.3. The summed E-state index contributed by atoms with van der Waals surface area (Å²) >= 11 is 0. The van der Waals surface area contributed by atoms with Gasteiger partial charge in [-0.25, -0.2) is 13.1 Å². The first-order valence-corrected chi connectivity index (χ1v) is 7.83. The van der Waals surface area contributed by atoms with E-state index in [1.807, 2.05) is 6.07 Å². The Labute approximate surface area is 113 Å². The summed E-state index contributed by atoms with van der Waals surface area (Å²) in [4.78, 5) is 0. The summed E-state index contributed by atoms with van der Waals surface area (Å²) in [6.07, 6.45) is 0.366. The molecule has 2 rings (SSSR count). The van der Waals surface area contributed by atoms with Gasteiger partial charge >= 0.3 is 0 Å². The van der Waals surface area contributed by atoms with E-state index in [9.17, 15) is 13.5 Å². The van der Waals surface area contributed by atoms with Gasteiger partial charge in [0.2, 0.25) is 10.0 Å². The van der Waals surface area contributed by atoms with E-state index in [0.717, 1.165) is 0 Å². The molecule has 0 aliphatic carbocycles. The molecule has 2 N–H and O–H groups in total. The molecule has 1 aliphatic heterocycles. The molecule has 0 spiro atoms. The van der Waals surface area contributed by atoms with Gasteiger partial charge in [0.15, 0.2) is 0 Å². The van der Waals surface area contributed by atoms with Gasteiger partial charge in [-0.05, 0) is 19.9 Å². The summed E-state index contributed by atoms with van der Waals surface area (Å²) in [6.45, 7) is 3.54. The molecule has 0 bridgehead atoms. The maximum absolute atomic E-state index is 11.8. The fourth-order valence-corrected chi connectivity index (χ4v) is 2.79. The van der Waals surface area contributed by atoms with Gasteiger partial charge in [-0.2, -0.15) is 0 Å². The van der Waals surface area contributed by atoms with E-state index in [2.05, 4.69) is 4.72 Å². The second-order valence-electron chi connectivity index (χ2n) is 5.04. The SMILES string of the molecule is CC(C)S(=O)(=O)NCC1(O)CCOc2ccccc21. The molecule has 1 aromatic rings. The van der Waals surface area contributed by atoms with Gasteiger partial charge in [-0.3, -0.25) is 0 Å². The molecular weight excluding hydrogens is 266 g/mol. The van der Waals surface area contributed by atoms with Gasteiger partial charge in [-0.1, -0.05) is 18.2 Å². The third kappa shape index (κ3) is 2.91. The lowest BCUT2D eigenvalue weighted by Gasteiger charge is -2.34. The lowest BCUT2D eigenvalue weighted by molar-refractivity contribution is 0.00216. The standard InChI is InChI=1S/C13H19NO4S/c1-10(2)19(16,17)14-9-13(15)7-8-18-12-6-4-3-5-11(12)13/h3-6,10,14-15H,7-9H2,1-2H3. The zero-order valence-corrected chi connectivity index (χ0v) is 11.9. The molecule has 0 amide bonds. The molecule has 1 heterocycles. The Balaban J connectivity index is 2.21. The van der Waals surface area contributed by atoms with Crippen LogP contribution in [0.1, 0.15) is 25.8 Å². The molecule has 106 valence electrons. The average Bonchev–Trinajstić information content (AvgIpc) is 2.37. The fourth-order valence-electron chi connectivity index (χ4n) is 2.01. The van der Waals surface area contributed by atoms with Crippen LogP contribution in [0.15, 0.2) is 24.3 Å².